The molecule has 4 aromatic carbocycles. The van der Waals surface area contributed by atoms with Gasteiger partial charge in [0, 0.05) is 34.1 Å². The maximum Gasteiger partial charge on any atom is 0.407 e. The van der Waals surface area contributed by atoms with E-state index in [1.807, 2.05) is 74.5 Å². The fourth-order valence-corrected chi connectivity index (χ4v) is 8.10. The maximum atomic E-state index is 13.1. The first-order valence-electron chi connectivity index (χ1n) is 20.1. The summed E-state index contributed by atoms with van der Waals surface area (Å²) in [6, 6.07) is 21.3. The van der Waals surface area contributed by atoms with E-state index in [0.29, 0.717) is 32.4 Å². The Hall–Kier alpha value is -5.22. The normalized spacial score (nSPS) is 16.5. The molecular formula is C46H59Br2N5O9. The third kappa shape index (κ3) is 13.9. The summed E-state index contributed by atoms with van der Waals surface area (Å²) in [6.45, 7) is 8.21. The van der Waals surface area contributed by atoms with Crippen LogP contribution in [0.15, 0.2) is 81.7 Å². The van der Waals surface area contributed by atoms with Crippen LogP contribution in [-0.2, 0) is 35.1 Å². The number of nitrogens with two attached hydrogens (primary N) is 1. The van der Waals surface area contributed by atoms with Gasteiger partial charge >= 0.3 is 18.2 Å². The highest BCUT2D eigenvalue weighted by atomic mass is 79.9. The summed E-state index contributed by atoms with van der Waals surface area (Å²) in [6.07, 6.45) is 1.46. The monoisotopic (exact) mass is 983 g/mol. The summed E-state index contributed by atoms with van der Waals surface area (Å²) >= 11 is 6.89. The standard InChI is InChI=1S/C23H27BrN2O4.C12H20N2O5.C10H8BrN.CH4/c1-14(2)21(25-23(29)30-3)22(28)26-10-4-5-19(26)20(27)12-15-6-7-17-13-18(24)9-8-16(17)11-15;1-7(2)9(13-12(18)19-3)10(15)14-6-4-5-8(14)11(16)17;11-9-3-1-8-6-10(12)4-2-7(8)5-9;/h6-9,11,13-14,19,21H,4-5,10,12H2,1-3H3,(H,25,29);7-9H,4-6H2,1-3H3,(H,13,18)(H,16,17);1-6H,12H2;1H4/t19-,21-;8-,9-;;/m00../s1. The van der Waals surface area contributed by atoms with Crippen molar-refractivity contribution in [3.63, 3.8) is 0 Å². The molecule has 0 radical (unpaired) electrons. The van der Waals surface area contributed by atoms with Gasteiger partial charge in [-0.1, -0.05) is 103 Å². The lowest BCUT2D eigenvalue weighted by molar-refractivity contribution is -0.149. The lowest BCUT2D eigenvalue weighted by atomic mass is 9.98. The summed E-state index contributed by atoms with van der Waals surface area (Å²) in [4.78, 5) is 75.5. The lowest BCUT2D eigenvalue weighted by Gasteiger charge is -2.30. The predicted octanol–water partition coefficient (Wildman–Crippen LogP) is 8.35. The molecule has 336 valence electrons. The Morgan fingerprint density at radius 2 is 1.10 bits per heavy atom. The average Bonchev–Trinajstić information content (AvgIpc) is 3.93. The highest BCUT2D eigenvalue weighted by Crippen LogP contribution is 2.26. The summed E-state index contributed by atoms with van der Waals surface area (Å²) in [5.74, 6) is -1.85. The van der Waals surface area contributed by atoms with Gasteiger partial charge in [0.05, 0.1) is 20.3 Å². The van der Waals surface area contributed by atoms with Crippen molar-refractivity contribution in [2.24, 2.45) is 11.8 Å². The Morgan fingerprint density at radius 3 is 1.56 bits per heavy atom. The maximum absolute atomic E-state index is 13.1. The second-order valence-corrected chi connectivity index (χ2v) is 17.5. The Morgan fingerprint density at radius 1 is 0.677 bits per heavy atom. The number of carboxylic acid groups (broad SMARTS) is 1. The van der Waals surface area contributed by atoms with Crippen molar-refractivity contribution in [2.75, 3.05) is 33.0 Å². The number of hydrogen-bond acceptors (Lipinski definition) is 9. The molecule has 16 heteroatoms. The van der Waals surface area contributed by atoms with Gasteiger partial charge in [-0.25, -0.2) is 14.4 Å². The highest BCUT2D eigenvalue weighted by Gasteiger charge is 2.40. The SMILES string of the molecule is C.COC(=O)N[C@H](C(=O)N1CCC[C@H]1C(=O)Cc1ccc2cc(Br)ccc2c1)C(C)C.COC(=O)N[C@H](C(=O)N1CCC[C@H]1C(=O)O)C(C)C.Nc1ccc2cc(Br)ccc2c1. The average molecular weight is 986 g/mol. The fraction of sp³-hybridized carbons (Fsp3) is 0.435. The van der Waals surface area contributed by atoms with Crippen LogP contribution in [0.5, 0.6) is 0 Å². The van der Waals surface area contributed by atoms with Crippen LogP contribution in [0.2, 0.25) is 0 Å². The highest BCUT2D eigenvalue weighted by molar-refractivity contribution is 9.10. The number of amides is 4. The molecule has 0 aliphatic carbocycles. The van der Waals surface area contributed by atoms with Gasteiger partial charge in [0.25, 0.3) is 0 Å². The van der Waals surface area contributed by atoms with Crippen molar-refractivity contribution in [3.05, 3.63) is 87.3 Å². The van der Waals surface area contributed by atoms with Crippen LogP contribution < -0.4 is 16.4 Å². The molecule has 4 amide bonds. The van der Waals surface area contributed by atoms with Gasteiger partial charge in [-0.2, -0.15) is 0 Å². The number of benzene rings is 4. The van der Waals surface area contributed by atoms with Crippen LogP contribution in [0, 0.1) is 11.8 Å². The number of carbonyl (C=O) groups is 6. The number of nitrogen functional groups attached to an aromatic ring is 1. The Kier molecular flexibility index (Phi) is 19.7. The van der Waals surface area contributed by atoms with Gasteiger partial charge in [-0.05, 0) is 101 Å². The van der Waals surface area contributed by atoms with Crippen molar-refractivity contribution < 1.29 is 43.3 Å². The van der Waals surface area contributed by atoms with E-state index in [0.717, 1.165) is 37.4 Å². The van der Waals surface area contributed by atoms with E-state index >= 15 is 0 Å². The Labute approximate surface area is 380 Å². The zero-order chi connectivity index (χ0) is 45.0. The number of halogens is 2. The second kappa shape index (κ2) is 23.8. The van der Waals surface area contributed by atoms with E-state index in [1.165, 1.54) is 29.9 Å². The minimum absolute atomic E-state index is 0. The number of ether oxygens (including phenoxy) is 2. The predicted molar refractivity (Wildman–Crippen MR) is 249 cm³/mol. The molecule has 4 atom stereocenters. The van der Waals surface area contributed by atoms with Crippen molar-refractivity contribution in [2.45, 2.75) is 91.4 Å². The van der Waals surface area contributed by atoms with Gasteiger partial charge in [-0.3, -0.25) is 14.4 Å². The molecule has 2 aliphatic heterocycles. The summed E-state index contributed by atoms with van der Waals surface area (Å²) in [7, 11) is 2.48. The van der Waals surface area contributed by atoms with Gasteiger partial charge in [-0.15, -0.1) is 0 Å². The van der Waals surface area contributed by atoms with E-state index < -0.39 is 42.3 Å². The number of hydrogen-bond donors (Lipinski definition) is 4. The number of anilines is 1. The minimum Gasteiger partial charge on any atom is -0.480 e. The molecule has 2 aliphatic rings. The number of nitrogens with one attached hydrogen (secondary N) is 2. The van der Waals surface area contributed by atoms with E-state index in [1.54, 1.807) is 18.7 Å². The molecule has 5 N–H and O–H groups in total. The summed E-state index contributed by atoms with van der Waals surface area (Å²) in [5.41, 5.74) is 7.39. The number of aliphatic carboxylic acids is 1. The van der Waals surface area contributed by atoms with Crippen LogP contribution in [0.4, 0.5) is 15.3 Å². The number of alkyl carbamates (subject to hydrolysis) is 2. The van der Waals surface area contributed by atoms with Crippen LogP contribution >= 0.6 is 31.9 Å². The van der Waals surface area contributed by atoms with Crippen molar-refractivity contribution in [1.29, 1.82) is 0 Å². The van der Waals surface area contributed by atoms with Gasteiger partial charge in [0.2, 0.25) is 11.8 Å². The third-order valence-corrected chi connectivity index (χ3v) is 11.6. The van der Waals surface area contributed by atoms with Crippen molar-refractivity contribution in [1.82, 2.24) is 20.4 Å². The second-order valence-electron chi connectivity index (χ2n) is 15.7. The number of fused-ring (bicyclic) bond motifs is 2. The Bertz CT molecular complexity index is 2180. The van der Waals surface area contributed by atoms with Gasteiger partial charge in [0.1, 0.15) is 18.1 Å². The molecule has 4 aromatic rings. The van der Waals surface area contributed by atoms with E-state index in [4.69, 9.17) is 10.8 Å². The first-order chi connectivity index (χ1) is 28.9. The molecule has 0 spiro atoms. The van der Waals surface area contributed by atoms with Crippen LogP contribution in [-0.4, -0.2) is 102 Å². The number of ketones is 1. The van der Waals surface area contributed by atoms with Crippen LogP contribution in [0.3, 0.4) is 0 Å². The number of carbonyl (C=O) groups excluding carboxylic acids is 5. The number of likely N-dealkylation sites (tertiary alicyclic amines) is 2. The molecule has 0 unspecified atom stereocenters. The first-order valence-corrected chi connectivity index (χ1v) is 21.7. The molecule has 14 nitrogen and oxygen atoms in total. The largest absolute Gasteiger partial charge is 0.480 e. The fourth-order valence-electron chi connectivity index (χ4n) is 7.34. The lowest BCUT2D eigenvalue weighted by Crippen LogP contribution is -2.53. The zero-order valence-electron chi connectivity index (χ0n) is 35.3. The zero-order valence-corrected chi connectivity index (χ0v) is 38.5. The smallest absolute Gasteiger partial charge is 0.407 e. The number of carboxylic acids is 1. The topological polar surface area (TPSA) is 198 Å². The number of Topliss-reactive ketones (excluding diaryl/α,β-unsaturated/α-hetero) is 1. The molecule has 0 saturated carbocycles. The van der Waals surface area contributed by atoms with Crippen molar-refractivity contribution in [3.8, 4) is 0 Å². The van der Waals surface area contributed by atoms with E-state index in [-0.39, 0.29) is 43.3 Å². The summed E-state index contributed by atoms with van der Waals surface area (Å²) in [5, 5.41) is 18.7. The van der Waals surface area contributed by atoms with E-state index in [9.17, 15) is 28.8 Å². The van der Waals surface area contributed by atoms with E-state index in [2.05, 4.69) is 64.1 Å². The molecule has 0 bridgehead atoms. The Balaban J connectivity index is 0.000000272. The van der Waals surface area contributed by atoms with Crippen LogP contribution in [0.1, 0.15) is 66.4 Å². The number of methoxy groups -OCH3 is 2. The van der Waals surface area contributed by atoms with Crippen molar-refractivity contribution >= 4 is 94.8 Å². The van der Waals surface area contributed by atoms with Gasteiger partial charge < -0.3 is 40.7 Å². The van der Waals surface area contributed by atoms with Crippen LogP contribution in [0.25, 0.3) is 21.5 Å². The quantitative estimate of drug-likeness (QED) is 0.112. The van der Waals surface area contributed by atoms with Gasteiger partial charge in [0.15, 0.2) is 5.78 Å². The summed E-state index contributed by atoms with van der Waals surface area (Å²) < 4.78 is 11.2. The number of rotatable bonds is 10. The first kappa shape index (κ1) is 51.1. The molecule has 62 heavy (non-hydrogen) atoms. The molecular weight excluding hydrogens is 926 g/mol. The number of nitrogens with zero attached hydrogens (tertiary/aromatic N) is 2. The molecule has 2 fully saturated rings. The molecule has 0 aromatic heterocycles. The molecule has 2 saturated heterocycles. The molecule has 2 heterocycles. The third-order valence-electron chi connectivity index (χ3n) is 10.6. The minimum atomic E-state index is -1.01. The molecule has 6 rings (SSSR count).